The SMILES string of the molecule is CC(C)c1csc(CCc2ccn3c(=O)c(/C=C(/F)C(=O)O)c(N4CCCC(O)C4)nc3c2)n1. The predicted molar refractivity (Wildman–Crippen MR) is 129 cm³/mol. The fourth-order valence-corrected chi connectivity index (χ4v) is 4.96. The molecule has 1 fully saturated rings. The number of pyridine rings is 1. The van der Waals surface area contributed by atoms with Gasteiger partial charge < -0.3 is 15.1 Å². The number of carboxylic acid groups (broad SMARTS) is 1. The number of piperidine rings is 1. The summed E-state index contributed by atoms with van der Waals surface area (Å²) in [6, 6.07) is 3.61. The number of halogens is 1. The largest absolute Gasteiger partial charge is 0.476 e. The van der Waals surface area contributed by atoms with Crippen LogP contribution in [-0.2, 0) is 17.6 Å². The Morgan fingerprint density at radius 2 is 2.15 bits per heavy atom. The highest BCUT2D eigenvalue weighted by Crippen LogP contribution is 2.24. The molecule has 180 valence electrons. The van der Waals surface area contributed by atoms with Gasteiger partial charge in [-0.25, -0.2) is 14.8 Å². The number of aliphatic hydroxyl groups is 1. The summed E-state index contributed by atoms with van der Waals surface area (Å²) in [6.45, 7) is 4.98. The van der Waals surface area contributed by atoms with Crippen molar-refractivity contribution < 1.29 is 19.4 Å². The maximum atomic E-state index is 14.0. The van der Waals surface area contributed by atoms with Crippen LogP contribution in [0.2, 0.25) is 0 Å². The van der Waals surface area contributed by atoms with Crippen molar-refractivity contribution in [2.24, 2.45) is 0 Å². The molecule has 4 rings (SSSR count). The number of aryl methyl sites for hydroxylation is 2. The van der Waals surface area contributed by atoms with Gasteiger partial charge in [0.15, 0.2) is 0 Å². The van der Waals surface area contributed by atoms with E-state index in [1.165, 1.54) is 4.40 Å². The standard InChI is InChI=1S/C24H27FN4O4S/c1-14(2)19-13-34-21(26-19)6-5-15-7-9-29-20(10-15)27-22(28-8-3-4-16(30)12-28)17(23(29)31)11-18(25)24(32)33/h7,9-11,13-14,16,30H,3-6,8,12H2,1-2H3,(H,32,33)/b18-11+. The van der Waals surface area contributed by atoms with Gasteiger partial charge in [-0.05, 0) is 49.0 Å². The van der Waals surface area contributed by atoms with Crippen LogP contribution in [0.5, 0.6) is 0 Å². The van der Waals surface area contributed by atoms with E-state index >= 15 is 0 Å². The molecule has 10 heteroatoms. The molecule has 2 N–H and O–H groups in total. The Morgan fingerprint density at radius 3 is 2.82 bits per heavy atom. The van der Waals surface area contributed by atoms with Crippen molar-refractivity contribution in [1.82, 2.24) is 14.4 Å². The van der Waals surface area contributed by atoms with Gasteiger partial charge in [0.05, 0.1) is 22.4 Å². The van der Waals surface area contributed by atoms with Crippen LogP contribution < -0.4 is 10.5 Å². The average molecular weight is 487 g/mol. The number of thiazole rings is 1. The van der Waals surface area contributed by atoms with Crippen molar-refractivity contribution in [1.29, 1.82) is 0 Å². The average Bonchev–Trinajstić information content (AvgIpc) is 3.28. The number of carbonyl (C=O) groups is 1. The quantitative estimate of drug-likeness (QED) is 0.493. The van der Waals surface area contributed by atoms with Gasteiger partial charge in [-0.15, -0.1) is 11.3 Å². The molecule has 0 spiro atoms. The van der Waals surface area contributed by atoms with Crippen LogP contribution in [0.3, 0.4) is 0 Å². The van der Waals surface area contributed by atoms with Gasteiger partial charge in [-0.1, -0.05) is 13.8 Å². The van der Waals surface area contributed by atoms with E-state index in [0.717, 1.165) is 22.7 Å². The van der Waals surface area contributed by atoms with Gasteiger partial charge in [-0.3, -0.25) is 9.20 Å². The number of aromatic nitrogens is 3. The Hall–Kier alpha value is -3.11. The third-order valence-corrected chi connectivity index (χ3v) is 6.80. The van der Waals surface area contributed by atoms with Crippen LogP contribution in [0, 0.1) is 0 Å². The number of carboxylic acids is 1. The van der Waals surface area contributed by atoms with Gasteiger partial charge in [0.25, 0.3) is 5.56 Å². The van der Waals surface area contributed by atoms with E-state index in [1.54, 1.807) is 28.5 Å². The summed E-state index contributed by atoms with van der Waals surface area (Å²) < 4.78 is 15.3. The lowest BCUT2D eigenvalue weighted by Gasteiger charge is -2.32. The van der Waals surface area contributed by atoms with E-state index < -0.39 is 23.5 Å². The van der Waals surface area contributed by atoms with Crippen molar-refractivity contribution in [3.8, 4) is 0 Å². The molecule has 3 aromatic heterocycles. The second kappa shape index (κ2) is 10.0. The van der Waals surface area contributed by atoms with E-state index in [2.05, 4.69) is 29.2 Å². The summed E-state index contributed by atoms with van der Waals surface area (Å²) in [6.07, 6.45) is 4.46. The fourth-order valence-electron chi connectivity index (χ4n) is 4.00. The number of nitrogens with zero attached hydrogens (tertiary/aromatic N) is 4. The normalized spacial score (nSPS) is 17.0. The molecular formula is C24H27FN4O4S. The summed E-state index contributed by atoms with van der Waals surface area (Å²) in [4.78, 5) is 35.3. The second-order valence-corrected chi connectivity index (χ2v) is 9.72. The Labute approximate surface area is 200 Å². The minimum absolute atomic E-state index is 0.150. The predicted octanol–water partition coefficient (Wildman–Crippen LogP) is 3.42. The van der Waals surface area contributed by atoms with Gasteiger partial charge in [0.1, 0.15) is 11.5 Å². The molecule has 1 aliphatic rings. The van der Waals surface area contributed by atoms with Crippen molar-refractivity contribution >= 4 is 34.8 Å². The summed E-state index contributed by atoms with van der Waals surface area (Å²) in [5, 5.41) is 22.2. The van der Waals surface area contributed by atoms with Gasteiger partial charge in [0, 0.05) is 31.1 Å². The number of hydrogen-bond acceptors (Lipinski definition) is 7. The summed E-state index contributed by atoms with van der Waals surface area (Å²) in [7, 11) is 0. The minimum Gasteiger partial charge on any atom is -0.476 e. The van der Waals surface area contributed by atoms with Crippen LogP contribution in [0.25, 0.3) is 11.7 Å². The highest BCUT2D eigenvalue weighted by molar-refractivity contribution is 7.09. The Bertz CT molecular complexity index is 1300. The number of aliphatic hydroxyl groups excluding tert-OH is 1. The first-order valence-corrected chi connectivity index (χ1v) is 12.1. The lowest BCUT2D eigenvalue weighted by molar-refractivity contribution is -0.134. The maximum Gasteiger partial charge on any atom is 0.364 e. The van der Waals surface area contributed by atoms with Crippen molar-refractivity contribution in [2.45, 2.75) is 51.6 Å². The summed E-state index contributed by atoms with van der Waals surface area (Å²) in [5.74, 6) is -2.65. The topological polar surface area (TPSA) is 108 Å². The smallest absolute Gasteiger partial charge is 0.364 e. The van der Waals surface area contributed by atoms with Crippen LogP contribution in [0.1, 0.15) is 54.4 Å². The third-order valence-electron chi connectivity index (χ3n) is 5.87. The molecular weight excluding hydrogens is 459 g/mol. The van der Waals surface area contributed by atoms with Crippen LogP contribution >= 0.6 is 11.3 Å². The molecule has 1 aliphatic heterocycles. The van der Waals surface area contributed by atoms with Crippen LogP contribution in [-0.4, -0.2) is 49.7 Å². The van der Waals surface area contributed by atoms with Gasteiger partial charge >= 0.3 is 5.97 Å². The molecule has 3 aromatic rings. The fraction of sp³-hybridized carbons (Fsp3) is 0.417. The first kappa shape index (κ1) is 24.0. The lowest BCUT2D eigenvalue weighted by atomic mass is 10.1. The molecule has 8 nitrogen and oxygen atoms in total. The highest BCUT2D eigenvalue weighted by atomic mass is 32.1. The second-order valence-electron chi connectivity index (χ2n) is 8.78. The van der Waals surface area contributed by atoms with E-state index in [4.69, 9.17) is 5.11 Å². The third kappa shape index (κ3) is 5.18. The molecule has 0 radical (unpaired) electrons. The molecule has 34 heavy (non-hydrogen) atoms. The Kier molecular flexibility index (Phi) is 7.08. The lowest BCUT2D eigenvalue weighted by Crippen LogP contribution is -2.40. The Morgan fingerprint density at radius 1 is 1.35 bits per heavy atom. The molecule has 1 atom stereocenters. The molecule has 0 aromatic carbocycles. The van der Waals surface area contributed by atoms with Crippen molar-refractivity contribution in [3.63, 3.8) is 0 Å². The van der Waals surface area contributed by atoms with Crippen LogP contribution in [0.15, 0.2) is 34.3 Å². The van der Waals surface area contributed by atoms with E-state index in [-0.39, 0.29) is 17.9 Å². The molecule has 1 saturated heterocycles. The molecule has 1 unspecified atom stereocenters. The Balaban J connectivity index is 1.71. The zero-order valence-corrected chi connectivity index (χ0v) is 19.9. The molecule has 0 aliphatic carbocycles. The van der Waals surface area contributed by atoms with Crippen LogP contribution in [0.4, 0.5) is 10.2 Å². The number of aliphatic carboxylic acids is 1. The van der Waals surface area contributed by atoms with Crippen molar-refractivity contribution in [2.75, 3.05) is 18.0 Å². The number of anilines is 1. The summed E-state index contributed by atoms with van der Waals surface area (Å²) >= 11 is 1.63. The van der Waals surface area contributed by atoms with Gasteiger partial charge in [0.2, 0.25) is 5.83 Å². The van der Waals surface area contributed by atoms with E-state index in [0.29, 0.717) is 43.4 Å². The maximum absolute atomic E-state index is 14.0. The molecule has 4 heterocycles. The van der Waals surface area contributed by atoms with Crippen molar-refractivity contribution in [3.05, 3.63) is 61.7 Å². The number of hydrogen-bond donors (Lipinski definition) is 2. The van der Waals surface area contributed by atoms with E-state index in [9.17, 15) is 19.1 Å². The minimum atomic E-state index is -1.76. The van der Waals surface area contributed by atoms with Gasteiger partial charge in [-0.2, -0.15) is 4.39 Å². The summed E-state index contributed by atoms with van der Waals surface area (Å²) in [5.41, 5.74) is 1.72. The van der Waals surface area contributed by atoms with E-state index in [1.807, 2.05) is 6.07 Å². The molecule has 0 bridgehead atoms. The first-order chi connectivity index (χ1) is 16.2. The molecule has 0 amide bonds. The monoisotopic (exact) mass is 486 g/mol. The number of fused-ring (bicyclic) bond motifs is 1. The zero-order chi connectivity index (χ0) is 24.4. The molecule has 0 saturated carbocycles. The highest BCUT2D eigenvalue weighted by Gasteiger charge is 2.24. The number of rotatable bonds is 7. The first-order valence-electron chi connectivity index (χ1n) is 11.3. The zero-order valence-electron chi connectivity index (χ0n) is 19.1. The number of β-amino-alcohol motifs (C(OH)–C–C–N with tert-alkyl or cyclic N) is 1.